The van der Waals surface area contributed by atoms with Crippen molar-refractivity contribution in [2.75, 3.05) is 33.7 Å². The van der Waals surface area contributed by atoms with Gasteiger partial charge in [-0.3, -0.25) is 4.79 Å². The van der Waals surface area contributed by atoms with Crippen molar-refractivity contribution in [3.05, 3.63) is 0 Å². The minimum Gasteiger partial charge on any atom is -0.462 e. The minimum atomic E-state index is -0.226. The third-order valence-corrected chi connectivity index (χ3v) is 8.63. The fraction of sp³-hybridized carbons (Fsp3) is 0.955. The Balaban J connectivity index is 1.47. The maximum Gasteiger partial charge on any atom is 0.310 e. The van der Waals surface area contributed by atoms with Crippen molar-refractivity contribution in [1.29, 1.82) is 0 Å². The Kier molecular flexibility index (Phi) is 5.32. The number of piperidine rings is 1. The van der Waals surface area contributed by atoms with Crippen LogP contribution >= 0.6 is 0 Å². The van der Waals surface area contributed by atoms with Gasteiger partial charge in [0.15, 0.2) is 0 Å². The molecule has 0 aromatic rings. The van der Waals surface area contributed by atoms with Gasteiger partial charge in [0.1, 0.15) is 6.10 Å². The van der Waals surface area contributed by atoms with E-state index in [9.17, 15) is 9.90 Å². The topological polar surface area (TPSA) is 53.0 Å². The lowest BCUT2D eigenvalue weighted by molar-refractivity contribution is -0.145. The SMILES string of the molecule is C[C@@H]1C[C@@H]2OC(=O)[C@@H](CN3CCC(N(C)C)CC3)[C@H]2C[C@]2(C)[C@@H](O)CC[C@@H]12. The summed E-state index contributed by atoms with van der Waals surface area (Å²) in [4.78, 5) is 17.6. The molecule has 0 aromatic heterocycles. The summed E-state index contributed by atoms with van der Waals surface area (Å²) in [5.74, 6) is 1.36. The zero-order valence-corrected chi connectivity index (χ0v) is 17.6. The highest BCUT2D eigenvalue weighted by molar-refractivity contribution is 5.75. The summed E-state index contributed by atoms with van der Waals surface area (Å²) in [5.41, 5.74) is -0.0526. The Morgan fingerprint density at radius 2 is 1.93 bits per heavy atom. The molecule has 2 saturated carbocycles. The number of hydrogen-bond acceptors (Lipinski definition) is 5. The molecule has 7 atom stereocenters. The smallest absolute Gasteiger partial charge is 0.310 e. The Hall–Kier alpha value is -0.650. The first-order chi connectivity index (χ1) is 12.8. The summed E-state index contributed by atoms with van der Waals surface area (Å²) in [5, 5.41) is 10.8. The molecule has 0 spiro atoms. The lowest BCUT2D eigenvalue weighted by Crippen LogP contribution is -2.45. The molecule has 5 nitrogen and oxygen atoms in total. The summed E-state index contributed by atoms with van der Waals surface area (Å²) < 4.78 is 5.92. The van der Waals surface area contributed by atoms with Crippen LogP contribution < -0.4 is 0 Å². The first kappa shape index (κ1) is 19.7. The summed E-state index contributed by atoms with van der Waals surface area (Å²) in [7, 11) is 4.33. The number of ether oxygens (including phenoxy) is 1. The Labute approximate surface area is 164 Å². The Bertz CT molecular complexity index is 560. The molecule has 5 heteroatoms. The van der Waals surface area contributed by atoms with E-state index in [0.29, 0.717) is 17.9 Å². The fourth-order valence-electron chi connectivity index (χ4n) is 6.87. The number of aliphatic hydroxyl groups is 1. The number of carbonyl (C=O) groups excluding carboxylic acids is 1. The number of fused-ring (bicyclic) bond motifs is 2. The minimum absolute atomic E-state index is 0.0125. The van der Waals surface area contributed by atoms with Crippen molar-refractivity contribution in [2.24, 2.45) is 29.1 Å². The predicted octanol–water partition coefficient (Wildman–Crippen LogP) is 2.38. The van der Waals surface area contributed by atoms with E-state index in [-0.39, 0.29) is 35.4 Å². The van der Waals surface area contributed by atoms with Crippen LogP contribution in [0.15, 0.2) is 0 Å². The maximum absolute atomic E-state index is 12.8. The van der Waals surface area contributed by atoms with E-state index in [1.165, 1.54) is 12.8 Å². The number of hydrogen-bond donors (Lipinski definition) is 1. The van der Waals surface area contributed by atoms with E-state index in [1.807, 2.05) is 0 Å². The molecule has 4 fully saturated rings. The quantitative estimate of drug-likeness (QED) is 0.764. The molecule has 0 aromatic carbocycles. The molecular weight excluding hydrogens is 340 g/mol. The van der Waals surface area contributed by atoms with Crippen LogP contribution in [0.3, 0.4) is 0 Å². The second kappa shape index (κ2) is 7.31. The highest BCUT2D eigenvalue weighted by Gasteiger charge is 2.57. The van der Waals surface area contributed by atoms with E-state index in [4.69, 9.17) is 4.74 Å². The largest absolute Gasteiger partial charge is 0.462 e. The second-order valence-electron chi connectivity index (χ2n) is 10.4. The van der Waals surface area contributed by atoms with Crippen LogP contribution in [-0.2, 0) is 9.53 Å². The van der Waals surface area contributed by atoms with Crippen LogP contribution in [-0.4, -0.2) is 72.9 Å². The average Bonchev–Trinajstić information content (AvgIpc) is 3.02. The molecule has 2 aliphatic carbocycles. The number of esters is 1. The predicted molar refractivity (Wildman–Crippen MR) is 105 cm³/mol. The first-order valence-electron chi connectivity index (χ1n) is 11.1. The molecule has 2 saturated heterocycles. The van der Waals surface area contributed by atoms with Crippen LogP contribution in [0.2, 0.25) is 0 Å². The van der Waals surface area contributed by atoms with Crippen molar-refractivity contribution < 1.29 is 14.6 Å². The Morgan fingerprint density at radius 3 is 2.59 bits per heavy atom. The number of rotatable bonds is 3. The molecule has 2 heterocycles. The molecule has 1 N–H and O–H groups in total. The summed E-state index contributed by atoms with van der Waals surface area (Å²) in [6, 6.07) is 0.663. The van der Waals surface area contributed by atoms with Gasteiger partial charge in [-0.15, -0.1) is 0 Å². The maximum atomic E-state index is 12.8. The molecular formula is C22H38N2O3. The molecule has 0 amide bonds. The molecule has 0 unspecified atom stereocenters. The molecule has 27 heavy (non-hydrogen) atoms. The molecule has 4 aliphatic rings. The number of nitrogens with zero attached hydrogens (tertiary/aromatic N) is 2. The highest BCUT2D eigenvalue weighted by Crippen LogP contribution is 2.57. The van der Waals surface area contributed by atoms with Gasteiger partial charge in [0, 0.05) is 18.5 Å². The van der Waals surface area contributed by atoms with Gasteiger partial charge in [-0.1, -0.05) is 13.8 Å². The van der Waals surface area contributed by atoms with Gasteiger partial charge in [0.25, 0.3) is 0 Å². The van der Waals surface area contributed by atoms with Crippen molar-refractivity contribution in [1.82, 2.24) is 9.80 Å². The molecule has 0 radical (unpaired) electrons. The zero-order chi connectivity index (χ0) is 19.3. The van der Waals surface area contributed by atoms with Crippen molar-refractivity contribution in [2.45, 2.75) is 70.6 Å². The second-order valence-corrected chi connectivity index (χ2v) is 10.4. The lowest BCUT2D eigenvalue weighted by atomic mass is 9.68. The number of carbonyl (C=O) groups is 1. The standard InChI is InChI=1S/C22H38N2O3/c1-14-11-19-16(12-22(2)18(14)5-6-20(22)25)17(21(26)27-19)13-24-9-7-15(8-10-24)23(3)4/h14-20,25H,5-13H2,1-4H3/t14-,16-,17+,18+,19+,20+,22+/m1/s1. The van der Waals surface area contributed by atoms with Gasteiger partial charge >= 0.3 is 5.97 Å². The molecule has 0 bridgehead atoms. The van der Waals surface area contributed by atoms with E-state index in [0.717, 1.165) is 45.3 Å². The van der Waals surface area contributed by atoms with Gasteiger partial charge in [0.2, 0.25) is 0 Å². The summed E-state index contributed by atoms with van der Waals surface area (Å²) >= 11 is 0. The van der Waals surface area contributed by atoms with E-state index in [2.05, 4.69) is 37.7 Å². The molecule has 154 valence electrons. The summed E-state index contributed by atoms with van der Waals surface area (Å²) in [6.45, 7) is 7.56. The van der Waals surface area contributed by atoms with Gasteiger partial charge in [0.05, 0.1) is 12.0 Å². The van der Waals surface area contributed by atoms with Gasteiger partial charge in [-0.2, -0.15) is 0 Å². The Morgan fingerprint density at radius 1 is 1.22 bits per heavy atom. The average molecular weight is 379 g/mol. The molecule has 2 aliphatic heterocycles. The normalized spacial score (nSPS) is 46.2. The number of likely N-dealkylation sites (tertiary alicyclic amines) is 1. The highest BCUT2D eigenvalue weighted by atomic mass is 16.6. The zero-order valence-electron chi connectivity index (χ0n) is 17.6. The fourth-order valence-corrected chi connectivity index (χ4v) is 6.87. The van der Waals surface area contributed by atoms with Crippen LogP contribution in [0.5, 0.6) is 0 Å². The summed E-state index contributed by atoms with van der Waals surface area (Å²) in [6.07, 6.45) is 6.15. The van der Waals surface area contributed by atoms with Crippen LogP contribution in [0.25, 0.3) is 0 Å². The van der Waals surface area contributed by atoms with Crippen molar-refractivity contribution in [3.63, 3.8) is 0 Å². The monoisotopic (exact) mass is 378 g/mol. The third-order valence-electron chi connectivity index (χ3n) is 8.63. The lowest BCUT2D eigenvalue weighted by Gasteiger charge is -2.39. The van der Waals surface area contributed by atoms with Gasteiger partial charge < -0.3 is 19.6 Å². The van der Waals surface area contributed by atoms with Gasteiger partial charge in [-0.25, -0.2) is 0 Å². The van der Waals surface area contributed by atoms with Gasteiger partial charge in [-0.05, 0) is 83.0 Å². The van der Waals surface area contributed by atoms with E-state index in [1.54, 1.807) is 0 Å². The van der Waals surface area contributed by atoms with Crippen LogP contribution in [0.4, 0.5) is 0 Å². The van der Waals surface area contributed by atoms with Crippen LogP contribution in [0.1, 0.15) is 52.4 Å². The van der Waals surface area contributed by atoms with Crippen LogP contribution in [0, 0.1) is 29.1 Å². The van der Waals surface area contributed by atoms with Crippen molar-refractivity contribution in [3.8, 4) is 0 Å². The van der Waals surface area contributed by atoms with E-state index >= 15 is 0 Å². The van der Waals surface area contributed by atoms with E-state index < -0.39 is 0 Å². The first-order valence-corrected chi connectivity index (χ1v) is 11.1. The van der Waals surface area contributed by atoms with Crippen molar-refractivity contribution >= 4 is 5.97 Å². The number of aliphatic hydroxyl groups excluding tert-OH is 1. The third kappa shape index (κ3) is 3.44. The molecule has 4 rings (SSSR count).